The van der Waals surface area contributed by atoms with Gasteiger partial charge in [0.05, 0.1) is 23.6 Å². The third kappa shape index (κ3) is 3.67. The number of hydrogen-bond acceptors (Lipinski definition) is 3. The van der Waals surface area contributed by atoms with Gasteiger partial charge in [-0.1, -0.05) is 24.3 Å². The van der Waals surface area contributed by atoms with Crippen LogP contribution in [0.25, 0.3) is 0 Å². The summed E-state index contributed by atoms with van der Waals surface area (Å²) in [5.74, 6) is -1.47. The zero-order valence-corrected chi connectivity index (χ0v) is 14.3. The number of halogens is 1. The lowest BCUT2D eigenvalue weighted by Gasteiger charge is -2.09. The van der Waals surface area contributed by atoms with E-state index in [0.29, 0.717) is 5.56 Å². The van der Waals surface area contributed by atoms with E-state index in [1.54, 1.807) is 24.3 Å². The number of rotatable bonds is 4. The summed E-state index contributed by atoms with van der Waals surface area (Å²) in [6.45, 7) is 0. The molecule has 0 aliphatic heterocycles. The molecule has 25 heavy (non-hydrogen) atoms. The highest BCUT2D eigenvalue weighted by Crippen LogP contribution is 2.33. The molecule has 0 aliphatic carbocycles. The summed E-state index contributed by atoms with van der Waals surface area (Å²) in [5.41, 5.74) is 0.444. The number of benzene rings is 3. The summed E-state index contributed by atoms with van der Waals surface area (Å²) in [7, 11) is 0.741. The molecule has 3 aromatic rings. The fraction of sp³-hybridized carbons (Fsp3) is 0.0500. The third-order valence-electron chi connectivity index (χ3n) is 3.62. The predicted molar refractivity (Wildman–Crippen MR) is 94.5 cm³/mol. The Balaban J connectivity index is 2.15. The molecule has 0 heterocycles. The van der Waals surface area contributed by atoms with Crippen LogP contribution in [0, 0.1) is 5.82 Å². The molecule has 0 amide bonds. The van der Waals surface area contributed by atoms with Crippen LogP contribution >= 0.6 is 0 Å². The second-order valence-corrected chi connectivity index (χ2v) is 7.28. The lowest BCUT2D eigenvalue weighted by molar-refractivity contribution is 0.0600. The molecule has 0 fully saturated rings. The predicted octanol–water partition coefficient (Wildman–Crippen LogP) is 4.41. The topological polar surface area (TPSA) is 46.5 Å². The summed E-state index contributed by atoms with van der Waals surface area (Å²) in [6, 6.07) is 21.2. The molecule has 126 valence electrons. The van der Waals surface area contributed by atoms with Gasteiger partial charge >= 0.3 is 5.97 Å². The van der Waals surface area contributed by atoms with Crippen LogP contribution in [0.15, 0.2) is 87.5 Å². The van der Waals surface area contributed by atoms with E-state index < -0.39 is 28.4 Å². The van der Waals surface area contributed by atoms with Crippen molar-refractivity contribution in [2.75, 3.05) is 7.11 Å². The number of hydrogen-bond donors (Lipinski definition) is 1. The molecule has 3 aromatic carbocycles. The van der Waals surface area contributed by atoms with Gasteiger partial charge in [-0.05, 0) is 36.4 Å². The lowest BCUT2D eigenvalue weighted by atomic mass is 10.2. The van der Waals surface area contributed by atoms with Crippen molar-refractivity contribution in [2.45, 2.75) is 14.7 Å². The van der Waals surface area contributed by atoms with Gasteiger partial charge in [0.1, 0.15) is 0 Å². The number of aromatic hydroxyl groups is 1. The van der Waals surface area contributed by atoms with Crippen molar-refractivity contribution in [3.63, 3.8) is 0 Å². The Morgan fingerprint density at radius 2 is 1.60 bits per heavy atom. The van der Waals surface area contributed by atoms with Gasteiger partial charge in [0.15, 0.2) is 26.3 Å². The van der Waals surface area contributed by atoms with Crippen LogP contribution < -0.4 is 0 Å². The maximum absolute atomic E-state index is 13.5. The molecular formula is C20H16FO3S+. The van der Waals surface area contributed by atoms with Crippen molar-refractivity contribution in [3.8, 4) is 5.75 Å². The second-order valence-electron chi connectivity index (χ2n) is 5.25. The number of methoxy groups -OCH3 is 1. The smallest absolute Gasteiger partial charge is 0.338 e. The van der Waals surface area contributed by atoms with E-state index in [1.165, 1.54) is 19.2 Å². The monoisotopic (exact) mass is 355 g/mol. The Hall–Kier alpha value is -2.79. The minimum absolute atomic E-state index is 0.393. The molecular weight excluding hydrogens is 339 g/mol. The summed E-state index contributed by atoms with van der Waals surface area (Å²) in [5, 5.41) is 9.78. The van der Waals surface area contributed by atoms with Gasteiger partial charge in [-0.2, -0.15) is 0 Å². The highest BCUT2D eigenvalue weighted by atomic mass is 32.2. The third-order valence-corrected chi connectivity index (χ3v) is 5.82. The zero-order chi connectivity index (χ0) is 17.8. The quantitative estimate of drug-likeness (QED) is 0.557. The first-order chi connectivity index (χ1) is 12.1. The van der Waals surface area contributed by atoms with Crippen molar-refractivity contribution >= 4 is 16.9 Å². The second kappa shape index (κ2) is 7.40. The molecule has 3 rings (SSSR count). The molecule has 1 atom stereocenters. The number of phenols is 1. The first kappa shape index (κ1) is 17.0. The number of carbonyl (C=O) groups excluding carboxylic acids is 1. The number of ether oxygens (including phenoxy) is 1. The number of carbonyl (C=O) groups is 1. The lowest BCUT2D eigenvalue weighted by Crippen LogP contribution is -2.07. The van der Waals surface area contributed by atoms with E-state index in [2.05, 4.69) is 0 Å². The standard InChI is InChI=1S/C20H15FO3S/c1-24-20(23)14-6-5-9-16(12-14)25(15-7-3-2-4-8-15)17-10-11-18(21)19(22)13-17/h2-13H,1H3/p+1. The van der Waals surface area contributed by atoms with Gasteiger partial charge in [0.2, 0.25) is 0 Å². The summed E-state index contributed by atoms with van der Waals surface area (Å²) < 4.78 is 18.3. The van der Waals surface area contributed by atoms with Gasteiger partial charge in [-0.15, -0.1) is 0 Å². The van der Waals surface area contributed by atoms with Crippen molar-refractivity contribution < 1.29 is 19.0 Å². The van der Waals surface area contributed by atoms with Crippen molar-refractivity contribution in [3.05, 3.63) is 84.2 Å². The van der Waals surface area contributed by atoms with Gasteiger partial charge in [-0.3, -0.25) is 0 Å². The van der Waals surface area contributed by atoms with Crippen LogP contribution in [0.3, 0.4) is 0 Å². The number of esters is 1. The van der Waals surface area contributed by atoms with E-state index in [9.17, 15) is 14.3 Å². The Kier molecular flexibility index (Phi) is 5.05. The van der Waals surface area contributed by atoms with E-state index in [0.717, 1.165) is 14.7 Å². The SMILES string of the molecule is COC(=O)c1cccc([S+](c2ccccc2)c2ccc(F)c(O)c2)c1. The largest absolute Gasteiger partial charge is 0.505 e. The van der Waals surface area contributed by atoms with Gasteiger partial charge < -0.3 is 9.84 Å². The zero-order valence-electron chi connectivity index (χ0n) is 13.5. The summed E-state index contributed by atoms with van der Waals surface area (Å²) >= 11 is 0. The maximum atomic E-state index is 13.5. The van der Waals surface area contributed by atoms with Gasteiger partial charge in [0, 0.05) is 12.1 Å². The van der Waals surface area contributed by atoms with Crippen molar-refractivity contribution in [1.82, 2.24) is 0 Å². The van der Waals surface area contributed by atoms with Gasteiger partial charge in [0.25, 0.3) is 0 Å². The van der Waals surface area contributed by atoms with Crippen molar-refractivity contribution in [2.24, 2.45) is 0 Å². The van der Waals surface area contributed by atoms with Gasteiger partial charge in [-0.25, -0.2) is 9.18 Å². The van der Waals surface area contributed by atoms with Crippen LogP contribution in [0.2, 0.25) is 0 Å². The van der Waals surface area contributed by atoms with E-state index >= 15 is 0 Å². The Morgan fingerprint density at radius 1 is 0.920 bits per heavy atom. The maximum Gasteiger partial charge on any atom is 0.338 e. The highest BCUT2D eigenvalue weighted by Gasteiger charge is 2.30. The molecule has 3 nitrogen and oxygen atoms in total. The molecule has 0 saturated heterocycles. The average molecular weight is 355 g/mol. The molecule has 0 radical (unpaired) electrons. The molecule has 0 aromatic heterocycles. The van der Waals surface area contributed by atoms with Crippen LogP contribution in [0.1, 0.15) is 10.4 Å². The van der Waals surface area contributed by atoms with Crippen LogP contribution in [-0.4, -0.2) is 18.2 Å². The Labute approximate surface area is 148 Å². The molecule has 1 unspecified atom stereocenters. The minimum atomic E-state index is -0.663. The molecule has 5 heteroatoms. The molecule has 1 N–H and O–H groups in total. The number of phenolic OH excluding ortho intramolecular Hbond substituents is 1. The Bertz CT molecular complexity index is 896. The molecule has 0 spiro atoms. The highest BCUT2D eigenvalue weighted by molar-refractivity contribution is 7.97. The van der Waals surface area contributed by atoms with E-state index in [1.807, 2.05) is 36.4 Å². The Morgan fingerprint density at radius 3 is 2.28 bits per heavy atom. The van der Waals surface area contributed by atoms with Crippen LogP contribution in [0.5, 0.6) is 5.75 Å². The first-order valence-corrected chi connectivity index (χ1v) is 8.79. The fourth-order valence-corrected chi connectivity index (χ4v) is 4.59. The average Bonchev–Trinajstić information content (AvgIpc) is 2.65. The fourth-order valence-electron chi connectivity index (χ4n) is 2.45. The molecule has 0 aliphatic rings. The molecule has 0 bridgehead atoms. The minimum Gasteiger partial charge on any atom is -0.505 e. The first-order valence-electron chi connectivity index (χ1n) is 7.56. The van der Waals surface area contributed by atoms with Crippen molar-refractivity contribution in [1.29, 1.82) is 0 Å². The normalized spacial score (nSPS) is 11.8. The molecule has 0 saturated carbocycles. The van der Waals surface area contributed by atoms with Crippen LogP contribution in [-0.2, 0) is 15.6 Å². The van der Waals surface area contributed by atoms with E-state index in [-0.39, 0.29) is 0 Å². The van der Waals surface area contributed by atoms with E-state index in [4.69, 9.17) is 4.74 Å². The summed E-state index contributed by atoms with van der Waals surface area (Å²) in [6.07, 6.45) is 0. The van der Waals surface area contributed by atoms with Crippen LogP contribution in [0.4, 0.5) is 4.39 Å². The summed E-state index contributed by atoms with van der Waals surface area (Å²) in [4.78, 5) is 14.5.